The molecule has 2 aromatic rings. The summed E-state index contributed by atoms with van der Waals surface area (Å²) in [5.74, 6) is -0.744. The van der Waals surface area contributed by atoms with E-state index in [2.05, 4.69) is 5.32 Å². The Labute approximate surface area is 188 Å². The van der Waals surface area contributed by atoms with Gasteiger partial charge in [-0.2, -0.15) is 0 Å². The predicted octanol–water partition coefficient (Wildman–Crippen LogP) is 2.57. The SMILES string of the molecule is COC(=O)C(CN(CC(=O)OC(C)(C)C)Cc1ccccc1O)NCc1ccccc1O. The molecular formula is C24H32N2O6. The van der Waals surface area contributed by atoms with Gasteiger partial charge in [-0.05, 0) is 32.9 Å². The smallest absolute Gasteiger partial charge is 0.324 e. The lowest BCUT2D eigenvalue weighted by Crippen LogP contribution is -2.48. The molecule has 174 valence electrons. The number of hydrogen-bond donors (Lipinski definition) is 3. The molecule has 0 aliphatic heterocycles. The average molecular weight is 445 g/mol. The van der Waals surface area contributed by atoms with Crippen LogP contribution in [0.3, 0.4) is 0 Å². The molecule has 8 nitrogen and oxygen atoms in total. The van der Waals surface area contributed by atoms with E-state index >= 15 is 0 Å². The summed E-state index contributed by atoms with van der Waals surface area (Å²) < 4.78 is 10.4. The van der Waals surface area contributed by atoms with Crippen molar-refractivity contribution in [3.05, 3.63) is 59.7 Å². The van der Waals surface area contributed by atoms with Gasteiger partial charge in [0.25, 0.3) is 0 Å². The topological polar surface area (TPSA) is 108 Å². The number of hydrogen-bond acceptors (Lipinski definition) is 8. The Morgan fingerprint density at radius 1 is 1.00 bits per heavy atom. The molecule has 1 atom stereocenters. The van der Waals surface area contributed by atoms with E-state index in [-0.39, 0.29) is 37.7 Å². The maximum absolute atomic E-state index is 12.5. The Bertz CT molecular complexity index is 909. The zero-order chi connectivity index (χ0) is 23.7. The summed E-state index contributed by atoms with van der Waals surface area (Å²) in [6.07, 6.45) is 0. The minimum atomic E-state index is -0.784. The van der Waals surface area contributed by atoms with Gasteiger partial charge >= 0.3 is 11.9 Å². The van der Waals surface area contributed by atoms with Crippen LogP contribution in [0.1, 0.15) is 31.9 Å². The van der Waals surface area contributed by atoms with Crippen LogP contribution in [0.15, 0.2) is 48.5 Å². The average Bonchev–Trinajstić information content (AvgIpc) is 2.71. The van der Waals surface area contributed by atoms with E-state index in [9.17, 15) is 19.8 Å². The van der Waals surface area contributed by atoms with Crippen LogP contribution in [0.5, 0.6) is 11.5 Å². The second-order valence-electron chi connectivity index (χ2n) is 8.47. The number of para-hydroxylation sites is 2. The fourth-order valence-corrected chi connectivity index (χ4v) is 3.14. The Morgan fingerprint density at radius 3 is 2.09 bits per heavy atom. The maximum atomic E-state index is 12.5. The van der Waals surface area contributed by atoms with E-state index in [1.165, 1.54) is 7.11 Å². The summed E-state index contributed by atoms with van der Waals surface area (Å²) in [6, 6.07) is 12.8. The normalized spacial score (nSPS) is 12.4. The van der Waals surface area contributed by atoms with Crippen LogP contribution in [-0.4, -0.2) is 58.9 Å². The lowest BCUT2D eigenvalue weighted by Gasteiger charge is -2.28. The van der Waals surface area contributed by atoms with Crippen LogP contribution in [-0.2, 0) is 32.2 Å². The van der Waals surface area contributed by atoms with E-state index < -0.39 is 23.6 Å². The highest BCUT2D eigenvalue weighted by atomic mass is 16.6. The van der Waals surface area contributed by atoms with Gasteiger partial charge in [-0.3, -0.25) is 19.8 Å². The molecule has 0 aromatic heterocycles. The number of nitrogens with one attached hydrogen (secondary N) is 1. The molecule has 2 aromatic carbocycles. The van der Waals surface area contributed by atoms with Gasteiger partial charge < -0.3 is 19.7 Å². The number of carbonyl (C=O) groups is 2. The molecule has 0 amide bonds. The fourth-order valence-electron chi connectivity index (χ4n) is 3.14. The fraction of sp³-hybridized carbons (Fsp3) is 0.417. The molecule has 32 heavy (non-hydrogen) atoms. The quantitative estimate of drug-likeness (QED) is 0.480. The van der Waals surface area contributed by atoms with E-state index in [1.54, 1.807) is 74.2 Å². The van der Waals surface area contributed by atoms with Crippen molar-refractivity contribution in [3.8, 4) is 11.5 Å². The number of benzene rings is 2. The number of nitrogens with zero attached hydrogens (tertiary/aromatic N) is 1. The van der Waals surface area contributed by atoms with Crippen molar-refractivity contribution in [1.82, 2.24) is 10.2 Å². The van der Waals surface area contributed by atoms with Crippen molar-refractivity contribution in [2.75, 3.05) is 20.2 Å². The molecule has 0 saturated heterocycles. The van der Waals surface area contributed by atoms with Gasteiger partial charge in [-0.15, -0.1) is 0 Å². The van der Waals surface area contributed by atoms with Crippen molar-refractivity contribution in [3.63, 3.8) is 0 Å². The third-order valence-electron chi connectivity index (χ3n) is 4.62. The zero-order valence-electron chi connectivity index (χ0n) is 19.0. The Morgan fingerprint density at radius 2 is 1.56 bits per heavy atom. The second-order valence-corrected chi connectivity index (χ2v) is 8.47. The van der Waals surface area contributed by atoms with E-state index in [0.29, 0.717) is 11.1 Å². The van der Waals surface area contributed by atoms with Gasteiger partial charge in [-0.1, -0.05) is 36.4 Å². The van der Waals surface area contributed by atoms with Crippen molar-refractivity contribution >= 4 is 11.9 Å². The first-order chi connectivity index (χ1) is 15.1. The molecule has 3 N–H and O–H groups in total. The van der Waals surface area contributed by atoms with Gasteiger partial charge in [0.2, 0.25) is 0 Å². The highest BCUT2D eigenvalue weighted by Gasteiger charge is 2.26. The van der Waals surface area contributed by atoms with Gasteiger partial charge in [0.1, 0.15) is 23.1 Å². The number of phenols is 2. The molecule has 0 bridgehead atoms. The number of esters is 2. The van der Waals surface area contributed by atoms with Crippen LogP contribution in [0.25, 0.3) is 0 Å². The second kappa shape index (κ2) is 11.5. The van der Waals surface area contributed by atoms with Crippen LogP contribution in [0.2, 0.25) is 0 Å². The van der Waals surface area contributed by atoms with Crippen LogP contribution in [0, 0.1) is 0 Å². The van der Waals surface area contributed by atoms with Gasteiger partial charge in [0, 0.05) is 30.8 Å². The summed E-state index contributed by atoms with van der Waals surface area (Å²) >= 11 is 0. The molecule has 0 radical (unpaired) electrons. The van der Waals surface area contributed by atoms with Crippen molar-refractivity contribution in [2.45, 2.75) is 45.5 Å². The molecule has 0 aliphatic rings. The van der Waals surface area contributed by atoms with Crippen molar-refractivity contribution < 1.29 is 29.3 Å². The lowest BCUT2D eigenvalue weighted by atomic mass is 10.1. The number of carbonyl (C=O) groups excluding carboxylic acids is 2. The van der Waals surface area contributed by atoms with Crippen molar-refractivity contribution in [1.29, 1.82) is 0 Å². The number of phenolic OH excluding ortho intramolecular Hbond substituents is 2. The third-order valence-corrected chi connectivity index (χ3v) is 4.62. The molecule has 0 aliphatic carbocycles. The summed E-state index contributed by atoms with van der Waals surface area (Å²) in [5, 5.41) is 23.3. The van der Waals surface area contributed by atoms with Crippen LogP contribution >= 0.6 is 0 Å². The maximum Gasteiger partial charge on any atom is 0.324 e. The standard InChI is InChI=1S/C24H32N2O6/c1-24(2,3)32-22(29)16-26(14-18-10-6-8-12-21(18)28)15-19(23(30)31-4)25-13-17-9-5-7-11-20(17)27/h5-12,19,25,27-28H,13-16H2,1-4H3. The largest absolute Gasteiger partial charge is 0.508 e. The van der Waals surface area contributed by atoms with E-state index in [0.717, 1.165) is 0 Å². The van der Waals surface area contributed by atoms with Crippen LogP contribution in [0.4, 0.5) is 0 Å². The third kappa shape index (κ3) is 8.20. The molecule has 0 spiro atoms. The molecule has 1 unspecified atom stereocenters. The van der Waals surface area contributed by atoms with Gasteiger partial charge in [0.05, 0.1) is 13.7 Å². The molecular weight excluding hydrogens is 412 g/mol. The van der Waals surface area contributed by atoms with Gasteiger partial charge in [-0.25, -0.2) is 0 Å². The van der Waals surface area contributed by atoms with E-state index in [4.69, 9.17) is 9.47 Å². The molecule has 8 heteroatoms. The minimum Gasteiger partial charge on any atom is -0.508 e. The van der Waals surface area contributed by atoms with Gasteiger partial charge in [0.15, 0.2) is 0 Å². The molecule has 0 heterocycles. The summed E-state index contributed by atoms with van der Waals surface area (Å²) in [5.41, 5.74) is 0.587. The number of methoxy groups -OCH3 is 1. The first-order valence-electron chi connectivity index (χ1n) is 10.4. The summed E-state index contributed by atoms with van der Waals surface area (Å²) in [7, 11) is 1.29. The van der Waals surface area contributed by atoms with E-state index in [1.807, 2.05) is 0 Å². The van der Waals surface area contributed by atoms with Crippen molar-refractivity contribution in [2.24, 2.45) is 0 Å². The minimum absolute atomic E-state index is 0.0859. The zero-order valence-corrected chi connectivity index (χ0v) is 19.0. The number of aromatic hydroxyl groups is 2. The molecule has 2 rings (SSSR count). The monoisotopic (exact) mass is 444 g/mol. The summed E-state index contributed by atoms with van der Waals surface area (Å²) in [6.45, 7) is 5.82. The highest BCUT2D eigenvalue weighted by Crippen LogP contribution is 2.19. The Balaban J connectivity index is 2.19. The Kier molecular flexibility index (Phi) is 9.04. The van der Waals surface area contributed by atoms with Crippen LogP contribution < -0.4 is 5.32 Å². The number of ether oxygens (including phenoxy) is 2. The first-order valence-corrected chi connectivity index (χ1v) is 10.4. The first kappa shape index (κ1) is 25.2. The molecule has 0 fully saturated rings. The lowest BCUT2D eigenvalue weighted by molar-refractivity contribution is -0.157. The number of rotatable bonds is 10. The molecule has 0 saturated carbocycles. The Hall–Kier alpha value is -3.10. The summed E-state index contributed by atoms with van der Waals surface area (Å²) in [4.78, 5) is 26.7. The highest BCUT2D eigenvalue weighted by molar-refractivity contribution is 5.76. The predicted molar refractivity (Wildman–Crippen MR) is 120 cm³/mol.